The van der Waals surface area contributed by atoms with Gasteiger partial charge in [-0.15, -0.1) is 0 Å². The van der Waals surface area contributed by atoms with Crippen molar-refractivity contribution < 1.29 is 33.3 Å². The van der Waals surface area contributed by atoms with Crippen LogP contribution in [0.2, 0.25) is 0 Å². The maximum atomic E-state index is 12.0. The Kier molecular flexibility index (Phi) is 7.76. The molecule has 144 valence electrons. The number of ether oxygens (including phenoxy) is 4. The summed E-state index contributed by atoms with van der Waals surface area (Å²) >= 11 is 0. The van der Waals surface area contributed by atoms with E-state index in [0.717, 1.165) is 0 Å². The third kappa shape index (κ3) is 5.84. The van der Waals surface area contributed by atoms with Crippen LogP contribution in [0.15, 0.2) is 36.5 Å². The van der Waals surface area contributed by atoms with Crippen LogP contribution in [0.3, 0.4) is 0 Å². The summed E-state index contributed by atoms with van der Waals surface area (Å²) in [6, 6.07) is 0. The van der Waals surface area contributed by atoms with Crippen LogP contribution in [0.25, 0.3) is 0 Å². The fourth-order valence-electron chi connectivity index (χ4n) is 2.23. The highest BCUT2D eigenvalue weighted by molar-refractivity contribution is 5.88. The van der Waals surface area contributed by atoms with Crippen molar-refractivity contribution in [3.05, 3.63) is 36.5 Å². The van der Waals surface area contributed by atoms with E-state index in [1.54, 1.807) is 6.92 Å². The van der Waals surface area contributed by atoms with Crippen LogP contribution >= 0.6 is 0 Å². The van der Waals surface area contributed by atoms with Crippen molar-refractivity contribution in [2.75, 3.05) is 13.2 Å². The highest BCUT2D eigenvalue weighted by Crippen LogP contribution is 2.28. The molecule has 1 saturated heterocycles. The molecule has 0 amide bonds. The molecule has 4 atom stereocenters. The second kappa shape index (κ2) is 9.33. The summed E-state index contributed by atoms with van der Waals surface area (Å²) in [7, 11) is 0. The highest BCUT2D eigenvalue weighted by atomic mass is 16.6. The van der Waals surface area contributed by atoms with Crippen molar-refractivity contribution in [1.29, 1.82) is 0 Å². The van der Waals surface area contributed by atoms with E-state index >= 15 is 0 Å². The van der Waals surface area contributed by atoms with Crippen molar-refractivity contribution in [3.63, 3.8) is 0 Å². The quantitative estimate of drug-likeness (QED) is 0.387. The van der Waals surface area contributed by atoms with Gasteiger partial charge < -0.3 is 18.9 Å². The number of carbonyl (C=O) groups is 3. The molecule has 0 aromatic carbocycles. The smallest absolute Gasteiger partial charge is 0.333 e. The van der Waals surface area contributed by atoms with Crippen LogP contribution in [-0.2, 0) is 33.3 Å². The van der Waals surface area contributed by atoms with Gasteiger partial charge in [-0.25, -0.2) is 14.4 Å². The first-order valence-corrected chi connectivity index (χ1v) is 8.21. The minimum absolute atomic E-state index is 0.0800. The van der Waals surface area contributed by atoms with Crippen LogP contribution < -0.4 is 0 Å². The molecule has 0 aliphatic carbocycles. The summed E-state index contributed by atoms with van der Waals surface area (Å²) in [5.41, 5.74) is 0.721. The summed E-state index contributed by atoms with van der Waals surface area (Å²) in [6.45, 7) is 16.9. The van der Waals surface area contributed by atoms with Gasteiger partial charge in [0.2, 0.25) is 0 Å². The maximum absolute atomic E-state index is 12.0. The number of hydrogen-bond acceptors (Lipinski definition) is 7. The lowest BCUT2D eigenvalue weighted by Gasteiger charge is -2.39. The minimum Gasteiger partial charge on any atom is -0.459 e. The van der Waals surface area contributed by atoms with Gasteiger partial charge in [-0.2, -0.15) is 0 Å². The first-order valence-electron chi connectivity index (χ1n) is 8.21. The molecule has 1 heterocycles. The Labute approximate surface area is 153 Å². The van der Waals surface area contributed by atoms with Gasteiger partial charge in [0.05, 0.1) is 6.61 Å². The number of esters is 3. The number of rotatable bonds is 7. The molecule has 1 fully saturated rings. The van der Waals surface area contributed by atoms with Crippen molar-refractivity contribution in [1.82, 2.24) is 0 Å². The summed E-state index contributed by atoms with van der Waals surface area (Å²) in [5.74, 6) is -2.11. The van der Waals surface area contributed by atoms with E-state index in [-0.39, 0.29) is 35.9 Å². The predicted octanol–water partition coefficient (Wildman–Crippen LogP) is 2.12. The van der Waals surface area contributed by atoms with E-state index in [0.29, 0.717) is 0 Å². The Morgan fingerprint density at radius 1 is 0.923 bits per heavy atom. The van der Waals surface area contributed by atoms with E-state index in [1.807, 2.05) is 0 Å². The third-order valence-corrected chi connectivity index (χ3v) is 3.87. The summed E-state index contributed by atoms with van der Waals surface area (Å²) in [6.07, 6.45) is -2.11. The Morgan fingerprint density at radius 3 is 1.92 bits per heavy atom. The van der Waals surface area contributed by atoms with Crippen LogP contribution in [-0.4, -0.2) is 49.4 Å². The van der Waals surface area contributed by atoms with Crippen LogP contribution in [0.4, 0.5) is 0 Å². The molecule has 1 rings (SSSR count). The highest BCUT2D eigenvalue weighted by Gasteiger charge is 2.43. The van der Waals surface area contributed by atoms with Crippen molar-refractivity contribution in [2.24, 2.45) is 5.92 Å². The summed E-state index contributed by atoms with van der Waals surface area (Å²) in [5, 5.41) is 0. The van der Waals surface area contributed by atoms with Crippen LogP contribution in [0, 0.1) is 5.92 Å². The molecule has 1 aliphatic rings. The van der Waals surface area contributed by atoms with Crippen LogP contribution in [0.1, 0.15) is 27.7 Å². The molecule has 0 N–H and O–H groups in total. The van der Waals surface area contributed by atoms with E-state index in [1.165, 1.54) is 20.8 Å². The standard InChI is InChI=1S/C19H26O7/c1-10(2)17(20)24-9-15-16(26-19(22)12(5)6)13(7)14(8-23-15)25-18(21)11(3)4/h13-16H,1,3,5,8-9H2,2,4,6-7H3/t13-,14-,15?,16+/m1/s1. The first kappa shape index (κ1) is 21.6. The monoisotopic (exact) mass is 366 g/mol. The molecule has 26 heavy (non-hydrogen) atoms. The fourth-order valence-corrected chi connectivity index (χ4v) is 2.23. The van der Waals surface area contributed by atoms with Gasteiger partial charge in [0.25, 0.3) is 0 Å². The molecule has 1 unspecified atom stereocenters. The molecule has 7 nitrogen and oxygen atoms in total. The number of hydrogen-bond donors (Lipinski definition) is 0. The zero-order chi connectivity index (χ0) is 20.0. The largest absolute Gasteiger partial charge is 0.459 e. The molecule has 0 spiro atoms. The Hall–Kier alpha value is -2.41. The predicted molar refractivity (Wildman–Crippen MR) is 94.1 cm³/mol. The first-order chi connectivity index (χ1) is 12.0. The van der Waals surface area contributed by atoms with Gasteiger partial charge in [0.15, 0.2) is 0 Å². The lowest BCUT2D eigenvalue weighted by atomic mass is 9.91. The summed E-state index contributed by atoms with van der Waals surface area (Å²) < 4.78 is 21.6. The van der Waals surface area contributed by atoms with Crippen molar-refractivity contribution in [3.8, 4) is 0 Å². The molecule has 0 bridgehead atoms. The van der Waals surface area contributed by atoms with Gasteiger partial charge in [0, 0.05) is 22.6 Å². The minimum atomic E-state index is -0.784. The van der Waals surface area contributed by atoms with Gasteiger partial charge in [-0.1, -0.05) is 26.7 Å². The molecule has 0 saturated carbocycles. The van der Waals surface area contributed by atoms with Gasteiger partial charge in [-0.05, 0) is 20.8 Å². The molecule has 1 aliphatic heterocycles. The lowest BCUT2D eigenvalue weighted by Crippen LogP contribution is -2.53. The molecule has 0 aromatic rings. The topological polar surface area (TPSA) is 88.1 Å². The maximum Gasteiger partial charge on any atom is 0.333 e. The molecule has 0 aromatic heterocycles. The van der Waals surface area contributed by atoms with Gasteiger partial charge in [-0.3, -0.25) is 0 Å². The SMILES string of the molecule is C=C(C)C(=O)OCC1OC[C@@H](OC(=O)C(=C)C)[C@@H](C)[C@@H]1OC(=O)C(=C)C. The van der Waals surface area contributed by atoms with E-state index in [9.17, 15) is 14.4 Å². The van der Waals surface area contributed by atoms with Gasteiger partial charge in [0.1, 0.15) is 24.9 Å². The van der Waals surface area contributed by atoms with Crippen molar-refractivity contribution >= 4 is 17.9 Å². The average Bonchev–Trinajstić information content (AvgIpc) is 2.56. The van der Waals surface area contributed by atoms with Gasteiger partial charge >= 0.3 is 17.9 Å². The third-order valence-electron chi connectivity index (χ3n) is 3.87. The normalized spacial score (nSPS) is 24.9. The second-order valence-corrected chi connectivity index (χ2v) is 6.48. The molecular weight excluding hydrogens is 340 g/mol. The van der Waals surface area contributed by atoms with Crippen molar-refractivity contribution in [2.45, 2.75) is 46.0 Å². The lowest BCUT2D eigenvalue weighted by molar-refractivity contribution is -0.203. The van der Waals surface area contributed by atoms with E-state index in [2.05, 4.69) is 19.7 Å². The van der Waals surface area contributed by atoms with E-state index < -0.39 is 36.2 Å². The zero-order valence-electron chi connectivity index (χ0n) is 15.7. The molecular formula is C19H26O7. The Morgan fingerprint density at radius 2 is 1.42 bits per heavy atom. The zero-order valence-corrected chi connectivity index (χ0v) is 15.7. The summed E-state index contributed by atoms with van der Waals surface area (Å²) in [4.78, 5) is 35.4. The average molecular weight is 366 g/mol. The molecule has 7 heteroatoms. The van der Waals surface area contributed by atoms with Crippen LogP contribution in [0.5, 0.6) is 0 Å². The molecule has 0 radical (unpaired) electrons. The Balaban J connectivity index is 2.90. The second-order valence-electron chi connectivity index (χ2n) is 6.48. The Bertz CT molecular complexity index is 617. The fraction of sp³-hybridized carbons (Fsp3) is 0.526. The van der Waals surface area contributed by atoms with E-state index in [4.69, 9.17) is 18.9 Å². The number of carbonyl (C=O) groups excluding carboxylic acids is 3.